The first kappa shape index (κ1) is 18.8. The number of aromatic nitrogens is 4. The molecule has 0 aliphatic heterocycles. The Morgan fingerprint density at radius 1 is 1.22 bits per heavy atom. The number of benzene rings is 1. The summed E-state index contributed by atoms with van der Waals surface area (Å²) in [5.74, 6) is -0.0464. The van der Waals surface area contributed by atoms with Gasteiger partial charge in [-0.05, 0) is 25.8 Å². The number of aryl methyl sites for hydroxylation is 1. The van der Waals surface area contributed by atoms with Crippen LogP contribution in [0.1, 0.15) is 55.3 Å². The van der Waals surface area contributed by atoms with Crippen LogP contribution < -0.4 is 5.56 Å². The molecule has 3 aromatic rings. The highest BCUT2D eigenvalue weighted by Gasteiger charge is 2.28. The smallest absolute Gasteiger partial charge is 0.313 e. The van der Waals surface area contributed by atoms with Crippen molar-refractivity contribution in [3.8, 4) is 0 Å². The van der Waals surface area contributed by atoms with Crippen molar-refractivity contribution >= 4 is 11.7 Å². The van der Waals surface area contributed by atoms with E-state index in [0.29, 0.717) is 35.7 Å². The van der Waals surface area contributed by atoms with Crippen LogP contribution in [-0.4, -0.2) is 32.2 Å². The van der Waals surface area contributed by atoms with Gasteiger partial charge in [-0.15, -0.1) is 0 Å². The molecule has 1 N–H and O–H groups in total. The number of fused-ring (bicyclic) bond motifs is 1. The maximum absolute atomic E-state index is 13.1. The van der Waals surface area contributed by atoms with Crippen LogP contribution in [0.3, 0.4) is 0 Å². The Hall–Kier alpha value is -2.96. The Labute approximate surface area is 157 Å². The van der Waals surface area contributed by atoms with Gasteiger partial charge in [-0.1, -0.05) is 43.7 Å². The molecule has 1 atom stereocenters. The maximum atomic E-state index is 13.1. The highest BCUT2D eigenvalue weighted by Crippen LogP contribution is 2.22. The lowest BCUT2D eigenvalue weighted by Crippen LogP contribution is -2.29. The van der Waals surface area contributed by atoms with Gasteiger partial charge in [-0.3, -0.25) is 14.7 Å². The summed E-state index contributed by atoms with van der Waals surface area (Å²) < 4.78 is 6.50. The fourth-order valence-electron chi connectivity index (χ4n) is 3.26. The molecule has 0 spiro atoms. The predicted molar refractivity (Wildman–Crippen MR) is 102 cm³/mol. The van der Waals surface area contributed by atoms with Gasteiger partial charge < -0.3 is 4.74 Å². The van der Waals surface area contributed by atoms with E-state index in [9.17, 15) is 9.59 Å². The number of aromatic amines is 1. The van der Waals surface area contributed by atoms with Crippen molar-refractivity contribution in [1.29, 1.82) is 0 Å². The number of esters is 1. The van der Waals surface area contributed by atoms with E-state index in [4.69, 9.17) is 4.74 Å². The summed E-state index contributed by atoms with van der Waals surface area (Å²) in [6.45, 7) is 5.75. The zero-order valence-corrected chi connectivity index (χ0v) is 15.9. The highest BCUT2D eigenvalue weighted by molar-refractivity contribution is 5.78. The van der Waals surface area contributed by atoms with E-state index in [-0.39, 0.29) is 18.1 Å². The topological polar surface area (TPSA) is 89.3 Å². The number of ether oxygens (including phenoxy) is 1. The molecule has 0 amide bonds. The third-order valence-corrected chi connectivity index (χ3v) is 4.48. The van der Waals surface area contributed by atoms with Gasteiger partial charge in [0.25, 0.3) is 11.3 Å². The summed E-state index contributed by atoms with van der Waals surface area (Å²) in [5.41, 5.74) is 1.68. The number of rotatable bonds is 7. The minimum Gasteiger partial charge on any atom is -0.466 e. The lowest BCUT2D eigenvalue weighted by Gasteiger charge is -2.15. The lowest BCUT2D eigenvalue weighted by molar-refractivity contribution is -0.145. The normalized spacial score (nSPS) is 12.3. The SMILES string of the molecule is CCCC(C(=O)OCC)c1c(C)nc2nc(Cc3ccccc3)[nH]n2c1=O. The van der Waals surface area contributed by atoms with Crippen molar-refractivity contribution in [1.82, 2.24) is 19.6 Å². The molecule has 2 aromatic heterocycles. The third kappa shape index (κ3) is 3.92. The van der Waals surface area contributed by atoms with Gasteiger partial charge in [0.15, 0.2) is 0 Å². The third-order valence-electron chi connectivity index (χ3n) is 4.48. The Kier molecular flexibility index (Phi) is 5.69. The number of carbonyl (C=O) groups excluding carboxylic acids is 1. The first-order valence-corrected chi connectivity index (χ1v) is 9.23. The molecule has 1 aromatic carbocycles. The minimum absolute atomic E-state index is 0.278. The van der Waals surface area contributed by atoms with E-state index in [0.717, 1.165) is 12.0 Å². The van der Waals surface area contributed by atoms with Crippen molar-refractivity contribution < 1.29 is 9.53 Å². The summed E-state index contributed by atoms with van der Waals surface area (Å²) in [7, 11) is 0. The van der Waals surface area contributed by atoms with Crippen LogP contribution in [0.5, 0.6) is 0 Å². The van der Waals surface area contributed by atoms with Gasteiger partial charge >= 0.3 is 5.97 Å². The molecular formula is C20H24N4O3. The average molecular weight is 368 g/mol. The van der Waals surface area contributed by atoms with E-state index in [1.165, 1.54) is 4.52 Å². The fourth-order valence-corrected chi connectivity index (χ4v) is 3.26. The van der Waals surface area contributed by atoms with Gasteiger partial charge in [0.2, 0.25) is 0 Å². The number of H-pyrrole nitrogens is 1. The van der Waals surface area contributed by atoms with E-state index < -0.39 is 5.92 Å². The molecule has 1 unspecified atom stereocenters. The van der Waals surface area contributed by atoms with Crippen LogP contribution in [-0.2, 0) is 16.0 Å². The van der Waals surface area contributed by atoms with Gasteiger partial charge in [0.05, 0.1) is 23.8 Å². The number of nitrogens with zero attached hydrogens (tertiary/aromatic N) is 3. The van der Waals surface area contributed by atoms with E-state index in [2.05, 4.69) is 15.1 Å². The number of nitrogens with one attached hydrogen (secondary N) is 1. The molecule has 7 nitrogen and oxygen atoms in total. The molecule has 0 saturated carbocycles. The Morgan fingerprint density at radius 3 is 2.63 bits per heavy atom. The van der Waals surface area contributed by atoms with Crippen LogP contribution >= 0.6 is 0 Å². The number of hydrogen-bond acceptors (Lipinski definition) is 5. The molecule has 142 valence electrons. The molecule has 7 heteroatoms. The van der Waals surface area contributed by atoms with Gasteiger partial charge in [-0.2, -0.15) is 9.50 Å². The zero-order chi connectivity index (χ0) is 19.4. The quantitative estimate of drug-likeness (QED) is 0.648. The van der Waals surface area contributed by atoms with E-state index in [1.807, 2.05) is 37.3 Å². The molecule has 27 heavy (non-hydrogen) atoms. The molecule has 3 rings (SSSR count). The summed E-state index contributed by atoms with van der Waals surface area (Å²) in [5, 5.41) is 3.03. The Morgan fingerprint density at radius 2 is 1.96 bits per heavy atom. The number of hydrogen-bond donors (Lipinski definition) is 1. The molecule has 0 aliphatic carbocycles. The summed E-state index contributed by atoms with van der Waals surface area (Å²) in [6.07, 6.45) is 1.86. The van der Waals surface area contributed by atoms with Crippen molar-refractivity contribution in [2.45, 2.75) is 46.0 Å². The Bertz CT molecular complexity index is 992. The molecule has 0 aliphatic rings. The first-order valence-electron chi connectivity index (χ1n) is 9.23. The van der Waals surface area contributed by atoms with Crippen molar-refractivity contribution in [3.05, 3.63) is 63.3 Å². The van der Waals surface area contributed by atoms with Crippen LogP contribution in [0, 0.1) is 6.92 Å². The average Bonchev–Trinajstić information content (AvgIpc) is 3.04. The van der Waals surface area contributed by atoms with Crippen LogP contribution in [0.25, 0.3) is 5.78 Å². The van der Waals surface area contributed by atoms with E-state index in [1.54, 1.807) is 13.8 Å². The number of carbonyl (C=O) groups is 1. The van der Waals surface area contributed by atoms with Crippen LogP contribution in [0.2, 0.25) is 0 Å². The second-order valence-corrected chi connectivity index (χ2v) is 6.48. The Balaban J connectivity index is 2.04. The van der Waals surface area contributed by atoms with Gasteiger partial charge in [0, 0.05) is 6.42 Å². The molecule has 0 radical (unpaired) electrons. The lowest BCUT2D eigenvalue weighted by atomic mass is 9.94. The van der Waals surface area contributed by atoms with Crippen LogP contribution in [0.4, 0.5) is 0 Å². The largest absolute Gasteiger partial charge is 0.466 e. The predicted octanol–water partition coefficient (Wildman–Crippen LogP) is 2.76. The summed E-state index contributed by atoms with van der Waals surface area (Å²) in [6, 6.07) is 9.86. The minimum atomic E-state index is -0.618. The zero-order valence-electron chi connectivity index (χ0n) is 15.9. The molecular weight excluding hydrogens is 344 g/mol. The first-order chi connectivity index (χ1) is 13.0. The van der Waals surface area contributed by atoms with E-state index >= 15 is 0 Å². The monoisotopic (exact) mass is 368 g/mol. The van der Waals surface area contributed by atoms with Crippen molar-refractivity contribution in [2.24, 2.45) is 0 Å². The molecule has 0 fully saturated rings. The van der Waals surface area contributed by atoms with Gasteiger partial charge in [0.1, 0.15) is 5.82 Å². The van der Waals surface area contributed by atoms with Crippen molar-refractivity contribution in [2.75, 3.05) is 6.61 Å². The second-order valence-electron chi connectivity index (χ2n) is 6.48. The van der Waals surface area contributed by atoms with Crippen LogP contribution in [0.15, 0.2) is 35.1 Å². The second kappa shape index (κ2) is 8.16. The molecule has 2 heterocycles. The van der Waals surface area contributed by atoms with Crippen molar-refractivity contribution in [3.63, 3.8) is 0 Å². The molecule has 0 bridgehead atoms. The highest BCUT2D eigenvalue weighted by atomic mass is 16.5. The fraction of sp³-hybridized carbons (Fsp3) is 0.400. The summed E-state index contributed by atoms with van der Waals surface area (Å²) in [4.78, 5) is 34.4. The summed E-state index contributed by atoms with van der Waals surface area (Å²) >= 11 is 0. The standard InChI is InChI=1S/C20H24N4O3/c1-4-9-15(19(26)27-5-2)17-13(3)21-20-22-16(23-24(20)18(17)25)12-14-10-7-6-8-11-14/h6-8,10-11,15H,4-5,9,12H2,1-3H3,(H,21,22,23). The van der Waals surface area contributed by atoms with Gasteiger partial charge in [-0.25, -0.2) is 4.98 Å². The maximum Gasteiger partial charge on any atom is 0.313 e. The molecule has 0 saturated heterocycles.